The van der Waals surface area contributed by atoms with Crippen molar-refractivity contribution in [3.63, 3.8) is 0 Å². The van der Waals surface area contributed by atoms with Crippen molar-refractivity contribution in [2.24, 2.45) is 0 Å². The molecule has 1 aromatic rings. The monoisotopic (exact) mass is 300 g/mol. The predicted octanol–water partition coefficient (Wildman–Crippen LogP) is 5.27. The highest BCUT2D eigenvalue weighted by atomic mass is 16.5. The summed E-state index contributed by atoms with van der Waals surface area (Å²) in [7, 11) is 0. The van der Waals surface area contributed by atoms with Crippen LogP contribution < -0.4 is 9.47 Å². The van der Waals surface area contributed by atoms with Crippen molar-refractivity contribution < 1.29 is 9.47 Å². The van der Waals surface area contributed by atoms with E-state index in [-0.39, 0.29) is 16.6 Å². The molecule has 120 valence electrons. The van der Waals surface area contributed by atoms with E-state index in [1.165, 1.54) is 16.7 Å². The Kier molecular flexibility index (Phi) is 3.18. The summed E-state index contributed by atoms with van der Waals surface area (Å²) in [5, 5.41) is 0. The van der Waals surface area contributed by atoms with Gasteiger partial charge in [0.2, 0.25) is 0 Å². The minimum atomic E-state index is -0.253. The maximum Gasteiger partial charge on any atom is 0.134 e. The molecule has 3 rings (SSSR count). The summed E-state index contributed by atoms with van der Waals surface area (Å²) in [5.74, 6) is 2.07. The second kappa shape index (κ2) is 4.53. The Morgan fingerprint density at radius 2 is 1.68 bits per heavy atom. The van der Waals surface area contributed by atoms with Gasteiger partial charge in [-0.3, -0.25) is 0 Å². The third kappa shape index (κ3) is 2.64. The Morgan fingerprint density at radius 3 is 2.32 bits per heavy atom. The number of hydrogen-bond donors (Lipinski definition) is 0. The molecule has 22 heavy (non-hydrogen) atoms. The summed E-state index contributed by atoms with van der Waals surface area (Å²) in [6.07, 6.45) is 6.38. The smallest absolute Gasteiger partial charge is 0.134 e. The van der Waals surface area contributed by atoms with Crippen LogP contribution in [0.3, 0.4) is 0 Å². The van der Waals surface area contributed by atoms with Crippen LogP contribution >= 0.6 is 0 Å². The first-order valence-electron chi connectivity index (χ1n) is 8.26. The minimum absolute atomic E-state index is 0.0489. The van der Waals surface area contributed by atoms with Gasteiger partial charge < -0.3 is 9.47 Å². The fourth-order valence-corrected chi connectivity index (χ4v) is 3.21. The van der Waals surface area contributed by atoms with E-state index in [0.29, 0.717) is 0 Å². The first-order chi connectivity index (χ1) is 9.99. The molecule has 0 atom stereocenters. The van der Waals surface area contributed by atoms with Crippen molar-refractivity contribution in [2.45, 2.75) is 77.9 Å². The molecule has 0 bridgehead atoms. The number of rotatable bonds is 0. The van der Waals surface area contributed by atoms with Crippen LogP contribution in [-0.2, 0) is 11.8 Å². The maximum absolute atomic E-state index is 6.41. The molecular weight excluding hydrogens is 272 g/mol. The molecule has 0 saturated heterocycles. The van der Waals surface area contributed by atoms with Gasteiger partial charge in [0.25, 0.3) is 0 Å². The Hall–Kier alpha value is -1.44. The lowest BCUT2D eigenvalue weighted by Crippen LogP contribution is -2.36. The summed E-state index contributed by atoms with van der Waals surface area (Å²) in [6, 6.07) is 2.25. The van der Waals surface area contributed by atoms with Gasteiger partial charge in [0.15, 0.2) is 0 Å². The Bertz CT molecular complexity index is 643. The van der Waals surface area contributed by atoms with E-state index in [2.05, 4.69) is 66.7 Å². The van der Waals surface area contributed by atoms with E-state index in [1.807, 2.05) is 0 Å². The van der Waals surface area contributed by atoms with E-state index in [1.54, 1.807) is 0 Å². The first kappa shape index (κ1) is 15.5. The van der Waals surface area contributed by atoms with Crippen LogP contribution in [0.5, 0.6) is 11.5 Å². The van der Waals surface area contributed by atoms with Gasteiger partial charge in [0.05, 0.1) is 0 Å². The van der Waals surface area contributed by atoms with Gasteiger partial charge in [-0.25, -0.2) is 0 Å². The Labute approximate surface area is 134 Å². The van der Waals surface area contributed by atoms with Crippen molar-refractivity contribution in [3.05, 3.63) is 28.8 Å². The molecule has 0 saturated carbocycles. The standard InChI is InChI=1S/C20H28O2/c1-18(2,3)15-12-13-8-10-19(4,5)21-16(13)14-9-11-20(6,7)22-17(14)15/h8,10,12H,9,11H2,1-7H3. The van der Waals surface area contributed by atoms with Gasteiger partial charge in [0.1, 0.15) is 22.7 Å². The number of hydrogen-bond acceptors (Lipinski definition) is 2. The molecule has 0 N–H and O–H groups in total. The summed E-state index contributed by atoms with van der Waals surface area (Å²) in [5.41, 5.74) is 3.40. The number of ether oxygens (including phenoxy) is 2. The van der Waals surface area contributed by atoms with Crippen LogP contribution in [0.1, 0.15) is 71.6 Å². The zero-order valence-electron chi connectivity index (χ0n) is 15.0. The largest absolute Gasteiger partial charge is 0.487 e. The number of fused-ring (bicyclic) bond motifs is 3. The quantitative estimate of drug-likeness (QED) is 0.649. The lowest BCUT2D eigenvalue weighted by atomic mass is 9.80. The molecule has 0 radical (unpaired) electrons. The fraction of sp³-hybridized carbons (Fsp3) is 0.600. The second-order valence-corrected chi connectivity index (χ2v) is 8.80. The van der Waals surface area contributed by atoms with Crippen LogP contribution in [0.4, 0.5) is 0 Å². The van der Waals surface area contributed by atoms with Crippen LogP contribution in [-0.4, -0.2) is 11.2 Å². The van der Waals surface area contributed by atoms with Crippen LogP contribution in [0.15, 0.2) is 12.1 Å². The van der Waals surface area contributed by atoms with E-state index in [4.69, 9.17) is 9.47 Å². The maximum atomic E-state index is 6.41. The molecule has 2 heteroatoms. The van der Waals surface area contributed by atoms with Gasteiger partial charge in [-0.05, 0) is 58.1 Å². The molecule has 2 nitrogen and oxygen atoms in total. The van der Waals surface area contributed by atoms with E-state index < -0.39 is 0 Å². The van der Waals surface area contributed by atoms with Gasteiger partial charge in [-0.15, -0.1) is 0 Å². The topological polar surface area (TPSA) is 18.5 Å². The van der Waals surface area contributed by atoms with Crippen molar-refractivity contribution in [3.8, 4) is 11.5 Å². The summed E-state index contributed by atoms with van der Waals surface area (Å²) in [4.78, 5) is 0. The van der Waals surface area contributed by atoms with Crippen molar-refractivity contribution in [1.82, 2.24) is 0 Å². The Morgan fingerprint density at radius 1 is 1.00 bits per heavy atom. The summed E-state index contributed by atoms with van der Waals surface area (Å²) < 4.78 is 12.7. The van der Waals surface area contributed by atoms with Crippen LogP contribution in [0.2, 0.25) is 0 Å². The average Bonchev–Trinajstić information content (AvgIpc) is 2.34. The van der Waals surface area contributed by atoms with Gasteiger partial charge in [0, 0.05) is 16.7 Å². The second-order valence-electron chi connectivity index (χ2n) is 8.80. The number of benzene rings is 1. The molecular formula is C20H28O2. The van der Waals surface area contributed by atoms with E-state index in [9.17, 15) is 0 Å². The third-order valence-electron chi connectivity index (χ3n) is 4.55. The highest BCUT2D eigenvalue weighted by Gasteiger charge is 2.36. The lowest BCUT2D eigenvalue weighted by molar-refractivity contribution is 0.0780. The molecule has 2 heterocycles. The molecule has 0 unspecified atom stereocenters. The minimum Gasteiger partial charge on any atom is -0.487 e. The fourth-order valence-electron chi connectivity index (χ4n) is 3.21. The summed E-state index contributed by atoms with van der Waals surface area (Å²) >= 11 is 0. The average molecular weight is 300 g/mol. The SMILES string of the molecule is CC1(C)C=Cc2cc(C(C)(C)C)c3c(c2O1)CCC(C)(C)O3. The molecule has 0 amide bonds. The molecule has 0 spiro atoms. The highest BCUT2D eigenvalue weighted by Crippen LogP contribution is 2.48. The van der Waals surface area contributed by atoms with E-state index in [0.717, 1.165) is 24.3 Å². The van der Waals surface area contributed by atoms with Crippen molar-refractivity contribution >= 4 is 6.08 Å². The third-order valence-corrected chi connectivity index (χ3v) is 4.55. The zero-order valence-corrected chi connectivity index (χ0v) is 15.0. The zero-order chi connectivity index (χ0) is 16.3. The molecule has 1 aromatic carbocycles. The highest BCUT2D eigenvalue weighted by molar-refractivity contribution is 5.69. The molecule has 2 aliphatic rings. The lowest BCUT2D eigenvalue weighted by Gasteiger charge is -2.39. The van der Waals surface area contributed by atoms with E-state index >= 15 is 0 Å². The molecule has 0 aromatic heterocycles. The van der Waals surface area contributed by atoms with Gasteiger partial charge in [-0.2, -0.15) is 0 Å². The van der Waals surface area contributed by atoms with Crippen molar-refractivity contribution in [2.75, 3.05) is 0 Å². The molecule has 0 fully saturated rings. The molecule has 0 aliphatic carbocycles. The normalized spacial score (nSPS) is 21.4. The van der Waals surface area contributed by atoms with Crippen LogP contribution in [0, 0.1) is 0 Å². The first-order valence-corrected chi connectivity index (χ1v) is 8.26. The van der Waals surface area contributed by atoms with Crippen molar-refractivity contribution in [1.29, 1.82) is 0 Å². The predicted molar refractivity (Wildman–Crippen MR) is 91.9 cm³/mol. The van der Waals surface area contributed by atoms with Gasteiger partial charge in [-0.1, -0.05) is 26.8 Å². The summed E-state index contributed by atoms with van der Waals surface area (Å²) in [6.45, 7) is 15.3. The van der Waals surface area contributed by atoms with Crippen LogP contribution in [0.25, 0.3) is 6.08 Å². The Balaban J connectivity index is 2.24. The van der Waals surface area contributed by atoms with Gasteiger partial charge >= 0.3 is 0 Å². The molecule has 2 aliphatic heterocycles.